The highest BCUT2D eigenvalue weighted by atomic mass is 16.1. The molecule has 2 atom stereocenters. The van der Waals surface area contributed by atoms with Gasteiger partial charge < -0.3 is 0 Å². The maximum absolute atomic E-state index is 12.0. The zero-order valence-corrected chi connectivity index (χ0v) is 9.59. The maximum Gasteiger partial charge on any atom is 0.141 e. The Balaban J connectivity index is 2.77. The first-order valence-electron chi connectivity index (χ1n) is 5.41. The van der Waals surface area contributed by atoms with Crippen molar-refractivity contribution in [2.24, 2.45) is 17.3 Å². The van der Waals surface area contributed by atoms with Crippen LogP contribution in [0.15, 0.2) is 0 Å². The van der Waals surface area contributed by atoms with Crippen LogP contribution in [0.25, 0.3) is 0 Å². The van der Waals surface area contributed by atoms with E-state index in [0.717, 1.165) is 12.8 Å². The van der Waals surface area contributed by atoms with Gasteiger partial charge in [-0.15, -0.1) is 0 Å². The molecule has 1 saturated carbocycles. The molecule has 2 heteroatoms. The van der Waals surface area contributed by atoms with E-state index in [2.05, 4.69) is 0 Å². The van der Waals surface area contributed by atoms with Crippen LogP contribution < -0.4 is 0 Å². The van der Waals surface area contributed by atoms with Gasteiger partial charge in [0.15, 0.2) is 0 Å². The molecule has 2 nitrogen and oxygen atoms in total. The minimum Gasteiger partial charge on any atom is -0.299 e. The molecule has 0 aromatic heterocycles. The van der Waals surface area contributed by atoms with Gasteiger partial charge in [-0.05, 0) is 12.8 Å². The molecule has 0 amide bonds. The minimum atomic E-state index is -0.309. The molecule has 0 aliphatic heterocycles. The molecular formula is C12H20O2. The fourth-order valence-corrected chi connectivity index (χ4v) is 2.11. The summed E-state index contributed by atoms with van der Waals surface area (Å²) >= 11 is 0. The first-order valence-corrected chi connectivity index (χ1v) is 5.41. The van der Waals surface area contributed by atoms with E-state index < -0.39 is 0 Å². The Hall–Kier alpha value is -0.660. The second-order valence-corrected chi connectivity index (χ2v) is 5.37. The van der Waals surface area contributed by atoms with Crippen molar-refractivity contribution in [3.05, 3.63) is 0 Å². The molecule has 14 heavy (non-hydrogen) atoms. The van der Waals surface area contributed by atoms with E-state index in [4.69, 9.17) is 0 Å². The molecule has 0 spiro atoms. The Kier molecular flexibility index (Phi) is 3.13. The van der Waals surface area contributed by atoms with Crippen LogP contribution in [-0.4, -0.2) is 11.6 Å². The van der Waals surface area contributed by atoms with Gasteiger partial charge in [0, 0.05) is 23.7 Å². The van der Waals surface area contributed by atoms with Gasteiger partial charge in [-0.3, -0.25) is 9.59 Å². The summed E-state index contributed by atoms with van der Waals surface area (Å²) in [5.41, 5.74) is -0.309. The molecule has 1 aliphatic carbocycles. The van der Waals surface area contributed by atoms with Crippen LogP contribution in [0, 0.1) is 17.3 Å². The van der Waals surface area contributed by atoms with E-state index >= 15 is 0 Å². The Morgan fingerprint density at radius 3 is 2.43 bits per heavy atom. The lowest BCUT2D eigenvalue weighted by Gasteiger charge is -2.31. The first-order chi connectivity index (χ1) is 6.34. The SMILES string of the molecule is C[C@@H]1C(=O)CCC[C@@H]1C(=O)C(C)(C)C. The zero-order chi connectivity index (χ0) is 10.9. The second kappa shape index (κ2) is 3.84. The lowest BCUT2D eigenvalue weighted by molar-refractivity contribution is -0.139. The highest BCUT2D eigenvalue weighted by Gasteiger charge is 2.37. The topological polar surface area (TPSA) is 34.1 Å². The summed E-state index contributed by atoms with van der Waals surface area (Å²) in [6.07, 6.45) is 2.44. The van der Waals surface area contributed by atoms with Crippen LogP contribution in [0.1, 0.15) is 47.0 Å². The van der Waals surface area contributed by atoms with Gasteiger partial charge in [0.05, 0.1) is 0 Å². The summed E-state index contributed by atoms with van der Waals surface area (Å²) in [5, 5.41) is 0. The molecule has 0 N–H and O–H groups in total. The molecule has 1 aliphatic rings. The smallest absolute Gasteiger partial charge is 0.141 e. The van der Waals surface area contributed by atoms with E-state index in [1.54, 1.807) is 0 Å². The van der Waals surface area contributed by atoms with Crippen LogP contribution in [0.5, 0.6) is 0 Å². The monoisotopic (exact) mass is 196 g/mol. The highest BCUT2D eigenvalue weighted by molar-refractivity contribution is 5.93. The molecule has 0 bridgehead atoms. The average molecular weight is 196 g/mol. The highest BCUT2D eigenvalue weighted by Crippen LogP contribution is 2.33. The third-order valence-corrected chi connectivity index (χ3v) is 3.13. The van der Waals surface area contributed by atoms with E-state index in [9.17, 15) is 9.59 Å². The van der Waals surface area contributed by atoms with E-state index in [1.165, 1.54) is 0 Å². The molecular weight excluding hydrogens is 176 g/mol. The average Bonchev–Trinajstić information content (AvgIpc) is 2.07. The zero-order valence-electron chi connectivity index (χ0n) is 9.59. The number of Topliss-reactive ketones (excluding diaryl/α,β-unsaturated/α-hetero) is 2. The molecule has 1 rings (SSSR count). The van der Waals surface area contributed by atoms with Crippen LogP contribution in [0.2, 0.25) is 0 Å². The van der Waals surface area contributed by atoms with Crippen molar-refractivity contribution in [1.29, 1.82) is 0 Å². The predicted octanol–water partition coefficient (Wildman–Crippen LogP) is 2.61. The quantitative estimate of drug-likeness (QED) is 0.646. The number of hydrogen-bond donors (Lipinski definition) is 0. The molecule has 0 aromatic rings. The number of rotatable bonds is 1. The van der Waals surface area contributed by atoms with Gasteiger partial charge in [-0.2, -0.15) is 0 Å². The van der Waals surface area contributed by atoms with Gasteiger partial charge in [-0.1, -0.05) is 27.7 Å². The second-order valence-electron chi connectivity index (χ2n) is 5.37. The molecule has 0 aromatic carbocycles. The van der Waals surface area contributed by atoms with Crippen LogP contribution in [0.4, 0.5) is 0 Å². The third-order valence-electron chi connectivity index (χ3n) is 3.13. The van der Waals surface area contributed by atoms with Crippen LogP contribution in [0.3, 0.4) is 0 Å². The number of carbonyl (C=O) groups is 2. The fraction of sp³-hybridized carbons (Fsp3) is 0.833. The Morgan fingerprint density at radius 2 is 1.93 bits per heavy atom. The number of hydrogen-bond acceptors (Lipinski definition) is 2. The Morgan fingerprint density at radius 1 is 1.36 bits per heavy atom. The van der Waals surface area contributed by atoms with Crippen molar-refractivity contribution in [2.45, 2.75) is 47.0 Å². The van der Waals surface area contributed by atoms with Gasteiger partial charge in [0.2, 0.25) is 0 Å². The summed E-state index contributed by atoms with van der Waals surface area (Å²) in [7, 11) is 0. The number of carbonyl (C=O) groups excluding carboxylic acids is 2. The molecule has 0 unspecified atom stereocenters. The standard InChI is InChI=1S/C12H20O2/c1-8-9(6-5-7-10(8)13)11(14)12(2,3)4/h8-9H,5-7H2,1-4H3/t8-,9-/m0/s1. The van der Waals surface area contributed by atoms with Gasteiger partial charge in [0.1, 0.15) is 11.6 Å². The van der Waals surface area contributed by atoms with Crippen molar-refractivity contribution in [2.75, 3.05) is 0 Å². The summed E-state index contributed by atoms with van der Waals surface area (Å²) in [6.45, 7) is 7.69. The maximum atomic E-state index is 12.0. The largest absolute Gasteiger partial charge is 0.299 e. The third kappa shape index (κ3) is 2.23. The van der Waals surface area contributed by atoms with Crippen LogP contribution in [-0.2, 0) is 9.59 Å². The Bertz CT molecular complexity index is 248. The van der Waals surface area contributed by atoms with E-state index in [-0.39, 0.29) is 28.8 Å². The number of ketones is 2. The lowest BCUT2D eigenvalue weighted by atomic mass is 9.71. The summed E-state index contributed by atoms with van der Waals surface area (Å²) in [5.74, 6) is 0.420. The molecule has 80 valence electrons. The summed E-state index contributed by atoms with van der Waals surface area (Å²) < 4.78 is 0. The van der Waals surface area contributed by atoms with Crippen LogP contribution >= 0.6 is 0 Å². The molecule has 0 radical (unpaired) electrons. The van der Waals surface area contributed by atoms with Crippen molar-refractivity contribution < 1.29 is 9.59 Å². The van der Waals surface area contributed by atoms with Crippen molar-refractivity contribution >= 4 is 11.6 Å². The summed E-state index contributed by atoms with van der Waals surface area (Å²) in [4.78, 5) is 23.5. The van der Waals surface area contributed by atoms with Gasteiger partial charge in [0.25, 0.3) is 0 Å². The molecule has 0 heterocycles. The Labute approximate surface area is 86.1 Å². The van der Waals surface area contributed by atoms with Gasteiger partial charge in [-0.25, -0.2) is 0 Å². The fourth-order valence-electron chi connectivity index (χ4n) is 2.11. The van der Waals surface area contributed by atoms with Crippen molar-refractivity contribution in [3.63, 3.8) is 0 Å². The molecule has 1 fully saturated rings. The molecule has 0 saturated heterocycles. The van der Waals surface area contributed by atoms with E-state index in [0.29, 0.717) is 6.42 Å². The normalized spacial score (nSPS) is 29.0. The van der Waals surface area contributed by atoms with Gasteiger partial charge >= 0.3 is 0 Å². The van der Waals surface area contributed by atoms with E-state index in [1.807, 2.05) is 27.7 Å². The minimum absolute atomic E-state index is 0.0313. The lowest BCUT2D eigenvalue weighted by Crippen LogP contribution is -2.37. The first kappa shape index (κ1) is 11.4. The summed E-state index contributed by atoms with van der Waals surface area (Å²) in [6, 6.07) is 0. The predicted molar refractivity (Wildman–Crippen MR) is 56.0 cm³/mol. The van der Waals surface area contributed by atoms with Crippen molar-refractivity contribution in [1.82, 2.24) is 0 Å². The van der Waals surface area contributed by atoms with Crippen molar-refractivity contribution in [3.8, 4) is 0 Å².